The lowest BCUT2D eigenvalue weighted by atomic mass is 10.1. The van der Waals surface area contributed by atoms with E-state index in [1.807, 2.05) is 30.3 Å². The fraction of sp³-hybridized carbons (Fsp3) is 0.316. The number of amides is 4. The zero-order chi connectivity index (χ0) is 20.1. The van der Waals surface area contributed by atoms with Crippen LogP contribution in [-0.2, 0) is 0 Å². The maximum atomic E-state index is 12.9. The van der Waals surface area contributed by atoms with Crippen molar-refractivity contribution in [2.24, 2.45) is 5.73 Å². The van der Waals surface area contributed by atoms with Crippen LogP contribution in [0.5, 0.6) is 0 Å². The molecule has 8 nitrogen and oxygen atoms in total. The summed E-state index contributed by atoms with van der Waals surface area (Å²) < 4.78 is 0. The largest absolute Gasteiger partial charge is 0.465 e. The molecular formula is C19H22N4O4S. The number of nitrogens with one attached hydrogen (secondary N) is 2. The highest BCUT2D eigenvalue weighted by Crippen LogP contribution is 2.35. The van der Waals surface area contributed by atoms with Gasteiger partial charge < -0.3 is 21.1 Å². The molecule has 28 heavy (non-hydrogen) atoms. The van der Waals surface area contributed by atoms with Crippen molar-refractivity contribution in [3.8, 4) is 10.4 Å². The summed E-state index contributed by atoms with van der Waals surface area (Å²) in [6.45, 7) is 0.710. The second-order valence-corrected chi connectivity index (χ2v) is 7.66. The lowest BCUT2D eigenvalue weighted by molar-refractivity contribution is 0.0921. The summed E-state index contributed by atoms with van der Waals surface area (Å²) in [6.07, 6.45) is 1.31. The van der Waals surface area contributed by atoms with E-state index in [1.54, 1.807) is 6.07 Å². The van der Waals surface area contributed by atoms with Gasteiger partial charge in [-0.25, -0.2) is 9.59 Å². The Morgan fingerprint density at radius 2 is 1.93 bits per heavy atom. The molecule has 1 aromatic carbocycles. The highest BCUT2D eigenvalue weighted by molar-refractivity contribution is 7.20. The normalized spacial score (nSPS) is 16.9. The lowest BCUT2D eigenvalue weighted by Gasteiger charge is -2.22. The number of nitrogens with zero attached hydrogens (tertiary/aromatic N) is 1. The highest BCUT2D eigenvalue weighted by atomic mass is 32.1. The highest BCUT2D eigenvalue weighted by Gasteiger charge is 2.25. The molecule has 0 radical (unpaired) electrons. The Hall–Kier alpha value is -3.07. The fourth-order valence-corrected chi connectivity index (χ4v) is 4.27. The average Bonchev–Trinajstić information content (AvgIpc) is 2.92. The molecule has 2 aromatic rings. The van der Waals surface area contributed by atoms with Crippen molar-refractivity contribution < 1.29 is 19.5 Å². The first-order valence-electron chi connectivity index (χ1n) is 8.98. The number of likely N-dealkylation sites (tertiary alicyclic amines) is 1. The van der Waals surface area contributed by atoms with Crippen molar-refractivity contribution in [3.05, 3.63) is 42.0 Å². The van der Waals surface area contributed by atoms with E-state index in [2.05, 4.69) is 10.6 Å². The second kappa shape index (κ2) is 8.75. The predicted octanol–water partition coefficient (Wildman–Crippen LogP) is 3.17. The lowest BCUT2D eigenvalue weighted by Crippen LogP contribution is -2.44. The summed E-state index contributed by atoms with van der Waals surface area (Å²) in [7, 11) is 0. The number of hydrogen-bond donors (Lipinski definition) is 4. The molecule has 1 fully saturated rings. The molecule has 2 heterocycles. The number of thiophene rings is 1. The van der Waals surface area contributed by atoms with E-state index in [1.165, 1.54) is 16.2 Å². The maximum absolute atomic E-state index is 12.9. The molecule has 1 atom stereocenters. The van der Waals surface area contributed by atoms with Crippen LogP contribution in [0, 0.1) is 0 Å². The van der Waals surface area contributed by atoms with Crippen molar-refractivity contribution in [1.29, 1.82) is 0 Å². The molecule has 0 spiro atoms. The first-order chi connectivity index (χ1) is 13.4. The molecule has 0 unspecified atom stereocenters. The smallest absolute Gasteiger partial charge is 0.407 e. The zero-order valence-corrected chi connectivity index (χ0v) is 16.0. The summed E-state index contributed by atoms with van der Waals surface area (Å²) in [4.78, 5) is 37.7. The molecule has 1 saturated heterocycles. The molecule has 3 rings (SSSR count). The van der Waals surface area contributed by atoms with Gasteiger partial charge in [-0.2, -0.15) is 0 Å². The fourth-order valence-electron chi connectivity index (χ4n) is 3.21. The van der Waals surface area contributed by atoms with Gasteiger partial charge in [-0.1, -0.05) is 30.3 Å². The maximum Gasteiger partial charge on any atom is 0.407 e. The van der Waals surface area contributed by atoms with E-state index >= 15 is 0 Å². The van der Waals surface area contributed by atoms with Crippen molar-refractivity contribution in [2.45, 2.75) is 25.3 Å². The van der Waals surface area contributed by atoms with Crippen molar-refractivity contribution in [3.63, 3.8) is 0 Å². The Bertz CT molecular complexity index is 868. The van der Waals surface area contributed by atoms with Crippen molar-refractivity contribution in [1.82, 2.24) is 10.2 Å². The molecule has 1 aromatic heterocycles. The third-order valence-electron chi connectivity index (χ3n) is 4.55. The molecule has 148 valence electrons. The summed E-state index contributed by atoms with van der Waals surface area (Å²) in [5.74, 6) is -0.362. The van der Waals surface area contributed by atoms with E-state index in [4.69, 9.17) is 5.73 Å². The average molecular weight is 402 g/mol. The summed E-state index contributed by atoms with van der Waals surface area (Å²) in [5, 5.41) is 15.0. The molecule has 1 aliphatic heterocycles. The van der Waals surface area contributed by atoms with Crippen LogP contribution in [0.4, 0.5) is 14.6 Å². The number of carbonyl (C=O) groups is 3. The van der Waals surface area contributed by atoms with Gasteiger partial charge in [-0.15, -0.1) is 11.3 Å². The number of benzene rings is 1. The molecule has 4 amide bonds. The third-order valence-corrected chi connectivity index (χ3v) is 5.65. The summed E-state index contributed by atoms with van der Waals surface area (Å²) in [6, 6.07) is 10.2. The van der Waals surface area contributed by atoms with E-state index in [0.29, 0.717) is 23.5 Å². The van der Waals surface area contributed by atoms with Crippen LogP contribution in [-0.4, -0.2) is 47.2 Å². The van der Waals surface area contributed by atoms with Crippen molar-refractivity contribution in [2.75, 3.05) is 18.4 Å². The first-order valence-corrected chi connectivity index (χ1v) is 9.80. The SMILES string of the molecule is NC(=O)Nc1sc(-c2ccccc2)cc1C(=O)N[C@H]1CCCCN(C(=O)O)C1. The van der Waals surface area contributed by atoms with Gasteiger partial charge in [0.05, 0.1) is 5.56 Å². The van der Waals surface area contributed by atoms with Crippen LogP contribution in [0.25, 0.3) is 10.4 Å². The summed E-state index contributed by atoms with van der Waals surface area (Å²) in [5.41, 5.74) is 6.49. The summed E-state index contributed by atoms with van der Waals surface area (Å²) >= 11 is 1.26. The van der Waals surface area contributed by atoms with E-state index < -0.39 is 12.1 Å². The van der Waals surface area contributed by atoms with Crippen LogP contribution < -0.4 is 16.4 Å². The minimum Gasteiger partial charge on any atom is -0.465 e. The Labute approximate surface area is 166 Å². The van der Waals surface area contributed by atoms with Gasteiger partial charge in [0.25, 0.3) is 5.91 Å². The Morgan fingerprint density at radius 3 is 2.61 bits per heavy atom. The minimum atomic E-state index is -0.987. The number of nitrogens with two attached hydrogens (primary N) is 1. The topological polar surface area (TPSA) is 125 Å². The molecule has 0 bridgehead atoms. The van der Waals surface area contributed by atoms with Crippen LogP contribution in [0.3, 0.4) is 0 Å². The monoisotopic (exact) mass is 402 g/mol. The Kier molecular flexibility index (Phi) is 6.15. The van der Waals surface area contributed by atoms with E-state index in [9.17, 15) is 19.5 Å². The molecule has 0 aliphatic carbocycles. The number of hydrogen-bond acceptors (Lipinski definition) is 4. The van der Waals surface area contributed by atoms with Crippen molar-refractivity contribution >= 4 is 34.4 Å². The molecular weight excluding hydrogens is 380 g/mol. The van der Waals surface area contributed by atoms with Crippen LogP contribution in [0.15, 0.2) is 36.4 Å². The molecule has 9 heteroatoms. The van der Waals surface area contributed by atoms with Gasteiger partial charge in [0.15, 0.2) is 0 Å². The first kappa shape index (κ1) is 19.7. The second-order valence-electron chi connectivity index (χ2n) is 6.60. The number of urea groups is 1. The van der Waals surface area contributed by atoms with Gasteiger partial charge in [0.1, 0.15) is 5.00 Å². The molecule has 0 saturated carbocycles. The van der Waals surface area contributed by atoms with Gasteiger partial charge >= 0.3 is 12.1 Å². The third kappa shape index (κ3) is 4.80. The number of anilines is 1. The van der Waals surface area contributed by atoms with Gasteiger partial charge in [-0.05, 0) is 30.9 Å². The van der Waals surface area contributed by atoms with Crippen LogP contribution in [0.2, 0.25) is 0 Å². The van der Waals surface area contributed by atoms with Crippen LogP contribution in [0.1, 0.15) is 29.6 Å². The van der Waals surface area contributed by atoms with Crippen LogP contribution >= 0.6 is 11.3 Å². The van der Waals surface area contributed by atoms with E-state index in [-0.39, 0.29) is 18.5 Å². The standard InChI is InChI=1S/C19H22N4O4S/c20-18(25)22-17-14(10-15(28-17)12-6-2-1-3-7-12)16(24)21-13-8-4-5-9-23(11-13)19(26)27/h1-3,6-7,10,13H,4-5,8-9,11H2,(H,21,24)(H,26,27)(H3,20,22,25)/t13-/m0/s1. The number of primary amides is 1. The quantitative estimate of drug-likeness (QED) is 0.627. The Balaban J connectivity index is 1.82. The van der Waals surface area contributed by atoms with Gasteiger partial charge in [0.2, 0.25) is 0 Å². The van der Waals surface area contributed by atoms with Gasteiger partial charge in [0, 0.05) is 24.0 Å². The number of carbonyl (C=O) groups excluding carboxylic acids is 2. The molecule has 1 aliphatic rings. The number of carboxylic acid groups (broad SMARTS) is 1. The zero-order valence-electron chi connectivity index (χ0n) is 15.2. The van der Waals surface area contributed by atoms with E-state index in [0.717, 1.165) is 23.3 Å². The minimum absolute atomic E-state index is 0.245. The molecule has 5 N–H and O–H groups in total. The number of rotatable bonds is 4. The Morgan fingerprint density at radius 1 is 1.18 bits per heavy atom. The van der Waals surface area contributed by atoms with Gasteiger partial charge in [-0.3, -0.25) is 10.1 Å². The predicted molar refractivity (Wildman–Crippen MR) is 108 cm³/mol.